The van der Waals surface area contributed by atoms with Crippen molar-refractivity contribution in [3.8, 4) is 0 Å². The van der Waals surface area contributed by atoms with E-state index in [1.807, 2.05) is 0 Å². The predicted octanol–water partition coefficient (Wildman–Crippen LogP) is 5.13. The Kier molecular flexibility index (Phi) is 5.20. The summed E-state index contributed by atoms with van der Waals surface area (Å²) in [5.74, 6) is 0.748. The fourth-order valence-corrected chi connectivity index (χ4v) is 4.59. The van der Waals surface area contributed by atoms with Gasteiger partial charge < -0.3 is 5.32 Å². The molecule has 0 heterocycles. The molecule has 2 rings (SSSR count). The van der Waals surface area contributed by atoms with Crippen molar-refractivity contribution >= 4 is 24.6 Å². The number of anilines is 2. The van der Waals surface area contributed by atoms with Crippen LogP contribution in [0, 0.1) is 12.8 Å². The van der Waals surface area contributed by atoms with Crippen molar-refractivity contribution in [2.45, 2.75) is 20.8 Å². The molecular formula is C18H24NP. The average Bonchev–Trinajstić information content (AvgIpc) is 2.41. The van der Waals surface area contributed by atoms with Gasteiger partial charge in [0, 0.05) is 11.4 Å². The van der Waals surface area contributed by atoms with Gasteiger partial charge in [-0.05, 0) is 48.7 Å². The first-order valence-corrected chi connectivity index (χ1v) is 9.18. The van der Waals surface area contributed by atoms with Gasteiger partial charge in [0.25, 0.3) is 0 Å². The van der Waals surface area contributed by atoms with E-state index in [-0.39, 0.29) is 7.92 Å². The Hall–Kier alpha value is -1.33. The van der Waals surface area contributed by atoms with Crippen LogP contribution in [0.4, 0.5) is 11.4 Å². The molecule has 0 bridgehead atoms. The second kappa shape index (κ2) is 6.90. The Bertz CT molecular complexity index is 563. The fraction of sp³-hybridized carbons (Fsp3) is 0.333. The number of para-hydroxylation sites is 2. The Labute approximate surface area is 124 Å². The van der Waals surface area contributed by atoms with E-state index in [0.29, 0.717) is 0 Å². The summed E-state index contributed by atoms with van der Waals surface area (Å²) in [5, 5.41) is 5.08. The van der Waals surface area contributed by atoms with Crippen LogP contribution in [0.5, 0.6) is 0 Å². The van der Waals surface area contributed by atoms with Crippen molar-refractivity contribution < 1.29 is 0 Å². The molecule has 20 heavy (non-hydrogen) atoms. The van der Waals surface area contributed by atoms with Crippen molar-refractivity contribution in [3.05, 3.63) is 54.1 Å². The minimum absolute atomic E-state index is 0.104. The summed E-state index contributed by atoms with van der Waals surface area (Å²) in [6.45, 7) is 9.13. The molecule has 0 radical (unpaired) electrons. The van der Waals surface area contributed by atoms with Crippen LogP contribution in [-0.2, 0) is 0 Å². The SMILES string of the molecule is Cc1ccccc1Nc1ccccc1P(C)CC(C)C. The van der Waals surface area contributed by atoms with Crippen LogP contribution < -0.4 is 10.6 Å². The maximum absolute atomic E-state index is 3.61. The molecule has 0 spiro atoms. The summed E-state index contributed by atoms with van der Waals surface area (Å²) >= 11 is 0. The highest BCUT2D eigenvalue weighted by atomic mass is 31.1. The molecule has 1 unspecified atom stereocenters. The third kappa shape index (κ3) is 3.84. The number of benzene rings is 2. The molecule has 0 aliphatic rings. The Balaban J connectivity index is 2.26. The van der Waals surface area contributed by atoms with Crippen LogP contribution in [0.2, 0.25) is 0 Å². The molecule has 106 valence electrons. The highest BCUT2D eigenvalue weighted by Crippen LogP contribution is 2.36. The molecule has 0 amide bonds. The van der Waals surface area contributed by atoms with E-state index in [0.717, 1.165) is 5.92 Å². The minimum Gasteiger partial charge on any atom is -0.355 e. The lowest BCUT2D eigenvalue weighted by Crippen LogP contribution is -2.11. The highest BCUT2D eigenvalue weighted by Gasteiger charge is 2.12. The summed E-state index contributed by atoms with van der Waals surface area (Å²) in [7, 11) is -0.104. The molecule has 1 nitrogen and oxygen atoms in total. The molecule has 2 heteroatoms. The normalized spacial score (nSPS) is 12.4. The number of hydrogen-bond donors (Lipinski definition) is 1. The second-order valence-electron chi connectivity index (χ2n) is 5.73. The first kappa shape index (κ1) is 15.1. The number of nitrogens with one attached hydrogen (secondary N) is 1. The van der Waals surface area contributed by atoms with E-state index < -0.39 is 0 Å². The summed E-state index contributed by atoms with van der Waals surface area (Å²) in [4.78, 5) is 0. The molecule has 0 saturated heterocycles. The van der Waals surface area contributed by atoms with Gasteiger partial charge in [0.2, 0.25) is 0 Å². The second-order valence-corrected chi connectivity index (χ2v) is 7.97. The van der Waals surface area contributed by atoms with Gasteiger partial charge in [0.05, 0.1) is 0 Å². The molecule has 0 aromatic heterocycles. The molecule has 2 aromatic carbocycles. The van der Waals surface area contributed by atoms with E-state index in [9.17, 15) is 0 Å². The fourth-order valence-electron chi connectivity index (χ4n) is 2.42. The van der Waals surface area contributed by atoms with Gasteiger partial charge in [-0.25, -0.2) is 0 Å². The van der Waals surface area contributed by atoms with Gasteiger partial charge in [-0.2, -0.15) is 0 Å². The Morgan fingerprint density at radius 3 is 2.20 bits per heavy atom. The summed E-state index contributed by atoms with van der Waals surface area (Å²) < 4.78 is 0. The molecule has 2 aromatic rings. The minimum atomic E-state index is -0.104. The van der Waals surface area contributed by atoms with Crippen LogP contribution in [0.3, 0.4) is 0 Å². The van der Waals surface area contributed by atoms with Gasteiger partial charge in [0.1, 0.15) is 0 Å². The lowest BCUT2D eigenvalue weighted by atomic mass is 10.2. The average molecular weight is 285 g/mol. The third-order valence-electron chi connectivity index (χ3n) is 3.37. The van der Waals surface area contributed by atoms with Crippen LogP contribution in [0.1, 0.15) is 19.4 Å². The summed E-state index contributed by atoms with van der Waals surface area (Å²) in [5.41, 5.74) is 3.75. The van der Waals surface area contributed by atoms with Crippen molar-refractivity contribution in [2.24, 2.45) is 5.92 Å². The molecule has 1 atom stereocenters. The monoisotopic (exact) mass is 285 g/mol. The highest BCUT2D eigenvalue weighted by molar-refractivity contribution is 7.65. The van der Waals surface area contributed by atoms with Crippen molar-refractivity contribution in [1.29, 1.82) is 0 Å². The van der Waals surface area contributed by atoms with E-state index in [1.165, 1.54) is 28.4 Å². The maximum atomic E-state index is 3.61. The zero-order valence-corrected chi connectivity index (χ0v) is 13.7. The maximum Gasteiger partial charge on any atom is 0.0462 e. The van der Waals surface area contributed by atoms with Gasteiger partial charge in [-0.15, -0.1) is 0 Å². The predicted molar refractivity (Wildman–Crippen MR) is 93.1 cm³/mol. The van der Waals surface area contributed by atoms with Gasteiger partial charge in [-0.3, -0.25) is 0 Å². The van der Waals surface area contributed by atoms with E-state index >= 15 is 0 Å². The zero-order valence-electron chi connectivity index (χ0n) is 12.9. The lowest BCUT2D eigenvalue weighted by molar-refractivity contribution is 0.746. The first-order valence-electron chi connectivity index (χ1n) is 7.20. The summed E-state index contributed by atoms with van der Waals surface area (Å²) in [6, 6.07) is 17.2. The summed E-state index contributed by atoms with van der Waals surface area (Å²) in [6.07, 6.45) is 1.28. The number of hydrogen-bond acceptors (Lipinski definition) is 1. The van der Waals surface area contributed by atoms with Crippen LogP contribution in [0.25, 0.3) is 0 Å². The standard InChI is InChI=1S/C18H24NP/c1-14(2)13-20(4)18-12-8-7-11-17(18)19-16-10-6-5-9-15(16)3/h5-12,14,19H,13H2,1-4H3. The topological polar surface area (TPSA) is 12.0 Å². The van der Waals surface area contributed by atoms with Crippen molar-refractivity contribution in [1.82, 2.24) is 0 Å². The van der Waals surface area contributed by atoms with Crippen LogP contribution in [-0.4, -0.2) is 12.8 Å². The Morgan fingerprint density at radius 1 is 0.950 bits per heavy atom. The number of rotatable bonds is 5. The van der Waals surface area contributed by atoms with E-state index in [2.05, 4.69) is 81.3 Å². The Morgan fingerprint density at radius 2 is 1.55 bits per heavy atom. The zero-order chi connectivity index (χ0) is 14.5. The lowest BCUT2D eigenvalue weighted by Gasteiger charge is -2.20. The third-order valence-corrected chi connectivity index (χ3v) is 5.86. The van der Waals surface area contributed by atoms with Gasteiger partial charge >= 0.3 is 0 Å². The van der Waals surface area contributed by atoms with Crippen molar-refractivity contribution in [2.75, 3.05) is 18.1 Å². The van der Waals surface area contributed by atoms with E-state index in [4.69, 9.17) is 0 Å². The molecule has 1 N–H and O–H groups in total. The van der Waals surface area contributed by atoms with Gasteiger partial charge in [-0.1, -0.05) is 58.2 Å². The molecule has 0 aliphatic heterocycles. The molecular weight excluding hydrogens is 261 g/mol. The first-order chi connectivity index (χ1) is 9.58. The quantitative estimate of drug-likeness (QED) is 0.751. The molecule has 0 aliphatic carbocycles. The molecule has 0 saturated carbocycles. The number of aryl methyl sites for hydroxylation is 1. The van der Waals surface area contributed by atoms with Gasteiger partial charge in [0.15, 0.2) is 0 Å². The molecule has 0 fully saturated rings. The van der Waals surface area contributed by atoms with Crippen molar-refractivity contribution in [3.63, 3.8) is 0 Å². The smallest absolute Gasteiger partial charge is 0.0462 e. The van der Waals surface area contributed by atoms with Crippen LogP contribution >= 0.6 is 7.92 Å². The van der Waals surface area contributed by atoms with E-state index in [1.54, 1.807) is 0 Å². The largest absolute Gasteiger partial charge is 0.355 e. The van der Waals surface area contributed by atoms with Crippen LogP contribution in [0.15, 0.2) is 48.5 Å².